The molecule has 3 aromatic rings. The third-order valence-corrected chi connectivity index (χ3v) is 6.52. The van der Waals surface area contributed by atoms with Crippen LogP contribution < -0.4 is 14.7 Å². The summed E-state index contributed by atoms with van der Waals surface area (Å²) in [6, 6.07) is 11.3. The van der Waals surface area contributed by atoms with Crippen molar-refractivity contribution in [2.75, 3.05) is 11.2 Å². The van der Waals surface area contributed by atoms with E-state index in [2.05, 4.69) is 26.0 Å². The van der Waals surface area contributed by atoms with E-state index in [0.717, 1.165) is 8.66 Å². The van der Waals surface area contributed by atoms with Crippen LogP contribution in [0.1, 0.15) is 24.4 Å². The van der Waals surface area contributed by atoms with E-state index in [9.17, 15) is 9.90 Å². The maximum Gasteiger partial charge on any atom is 0.302 e. The molecule has 1 aliphatic heterocycles. The second-order valence-corrected chi connectivity index (χ2v) is 9.11. The molecule has 1 atom stereocenters. The first kappa shape index (κ1) is 18.4. The number of carbonyl (C=O) groups is 1. The molecule has 0 N–H and O–H groups in total. The maximum absolute atomic E-state index is 12.9. The lowest BCUT2D eigenvalue weighted by atomic mass is 10.0. The van der Waals surface area contributed by atoms with E-state index >= 15 is 0 Å². The molecule has 0 saturated carbocycles. The van der Waals surface area contributed by atoms with Gasteiger partial charge in [0, 0.05) is 11.5 Å². The van der Waals surface area contributed by atoms with Crippen LogP contribution in [-0.4, -0.2) is 22.2 Å². The number of hydrogen-bond acceptors (Lipinski definition) is 6. The summed E-state index contributed by atoms with van der Waals surface area (Å²) < 4.78 is 2.60. The van der Waals surface area contributed by atoms with Gasteiger partial charge in [0.05, 0.1) is 25.8 Å². The summed E-state index contributed by atoms with van der Waals surface area (Å²) in [5.41, 5.74) is 1.78. The van der Waals surface area contributed by atoms with Gasteiger partial charge in [-0.25, -0.2) is 9.88 Å². The minimum atomic E-state index is -0.528. The Bertz CT molecular complexity index is 1040. The molecular formula is C18H15BrN4O2S2. The molecule has 0 spiro atoms. The van der Waals surface area contributed by atoms with Gasteiger partial charge in [0.1, 0.15) is 0 Å². The minimum absolute atomic E-state index is 0.0353. The molecule has 1 unspecified atom stereocenters. The van der Waals surface area contributed by atoms with Gasteiger partial charge in [0.2, 0.25) is 5.91 Å². The monoisotopic (exact) mass is 462 g/mol. The van der Waals surface area contributed by atoms with Crippen molar-refractivity contribution in [1.82, 2.24) is 10.1 Å². The van der Waals surface area contributed by atoms with E-state index in [1.165, 1.54) is 23.1 Å². The third kappa shape index (κ3) is 3.03. The van der Waals surface area contributed by atoms with Crippen molar-refractivity contribution in [1.29, 1.82) is 0 Å². The molecular weight excluding hydrogens is 448 g/mol. The molecule has 0 fully saturated rings. The Morgan fingerprint density at radius 2 is 2.15 bits per heavy atom. The van der Waals surface area contributed by atoms with Gasteiger partial charge in [0.15, 0.2) is 0 Å². The quantitative estimate of drug-likeness (QED) is 0.440. The lowest BCUT2D eigenvalue weighted by Crippen LogP contribution is -2.58. The van der Waals surface area contributed by atoms with Crippen LogP contribution in [0.2, 0.25) is 0 Å². The molecule has 2 aromatic heterocycles. The number of anilines is 1. The molecule has 9 heteroatoms. The van der Waals surface area contributed by atoms with E-state index in [4.69, 9.17) is 0 Å². The molecule has 1 aromatic carbocycles. The summed E-state index contributed by atoms with van der Waals surface area (Å²) in [7, 11) is 0. The van der Waals surface area contributed by atoms with E-state index < -0.39 is 6.17 Å². The number of hydrogen-bond donors (Lipinski definition) is 0. The number of fused-ring (bicyclic) bond motifs is 3. The molecule has 4 rings (SSSR count). The number of nitrogens with zero attached hydrogens (tertiary/aromatic N) is 4. The average molecular weight is 463 g/mol. The first-order valence-corrected chi connectivity index (χ1v) is 11.1. The molecule has 1 amide bonds. The van der Waals surface area contributed by atoms with Gasteiger partial charge in [-0.3, -0.25) is 4.79 Å². The Kier molecular flexibility index (Phi) is 4.92. The molecule has 3 heterocycles. The van der Waals surface area contributed by atoms with Gasteiger partial charge in [-0.2, -0.15) is 0 Å². The SMILES string of the molecule is CCC(=O)N1c2ccccc2-c2c([O-])nc(SC)n[n+]2C1c1ccc(Br)s1. The predicted molar refractivity (Wildman–Crippen MR) is 107 cm³/mol. The Balaban J connectivity index is 2.07. The van der Waals surface area contributed by atoms with Crippen molar-refractivity contribution in [2.24, 2.45) is 0 Å². The molecule has 27 heavy (non-hydrogen) atoms. The fraction of sp³-hybridized carbons (Fsp3) is 0.222. The largest absolute Gasteiger partial charge is 0.854 e. The molecule has 0 radical (unpaired) electrons. The number of aromatic nitrogens is 3. The van der Waals surface area contributed by atoms with Crippen LogP contribution in [0.3, 0.4) is 0 Å². The van der Waals surface area contributed by atoms with Crippen molar-refractivity contribution in [3.63, 3.8) is 0 Å². The van der Waals surface area contributed by atoms with E-state index in [0.29, 0.717) is 28.5 Å². The van der Waals surface area contributed by atoms with E-state index in [1.807, 2.05) is 49.6 Å². The second kappa shape index (κ2) is 7.21. The average Bonchev–Trinajstić information content (AvgIpc) is 3.11. The number of para-hydroxylation sites is 1. The number of thioether (sulfide) groups is 1. The Morgan fingerprint density at radius 3 is 2.81 bits per heavy atom. The lowest BCUT2D eigenvalue weighted by molar-refractivity contribution is -0.763. The molecule has 0 aliphatic carbocycles. The summed E-state index contributed by atoms with van der Waals surface area (Å²) in [5, 5.41) is 17.8. The summed E-state index contributed by atoms with van der Waals surface area (Å²) in [6.45, 7) is 1.83. The van der Waals surface area contributed by atoms with Crippen LogP contribution in [0.15, 0.2) is 45.3 Å². The summed E-state index contributed by atoms with van der Waals surface area (Å²) >= 11 is 6.31. The summed E-state index contributed by atoms with van der Waals surface area (Å²) in [5.74, 6) is -0.377. The lowest BCUT2D eigenvalue weighted by Gasteiger charge is -2.32. The Hall–Kier alpha value is -1.97. The van der Waals surface area contributed by atoms with Crippen LogP contribution in [0, 0.1) is 0 Å². The molecule has 6 nitrogen and oxygen atoms in total. The fourth-order valence-electron chi connectivity index (χ4n) is 3.19. The highest BCUT2D eigenvalue weighted by molar-refractivity contribution is 9.11. The van der Waals surface area contributed by atoms with E-state index in [1.54, 1.807) is 9.58 Å². The highest BCUT2D eigenvalue weighted by Gasteiger charge is 2.45. The predicted octanol–water partition coefficient (Wildman–Crippen LogP) is 3.35. The zero-order valence-corrected chi connectivity index (χ0v) is 17.8. The number of amides is 1. The van der Waals surface area contributed by atoms with Gasteiger partial charge < -0.3 is 5.11 Å². The zero-order chi connectivity index (χ0) is 19.1. The van der Waals surface area contributed by atoms with Crippen molar-refractivity contribution < 1.29 is 14.6 Å². The number of benzene rings is 1. The maximum atomic E-state index is 12.9. The highest BCUT2D eigenvalue weighted by atomic mass is 79.9. The highest BCUT2D eigenvalue weighted by Crippen LogP contribution is 2.42. The normalized spacial score (nSPS) is 15.4. The van der Waals surface area contributed by atoms with Crippen molar-refractivity contribution >= 4 is 50.6 Å². The van der Waals surface area contributed by atoms with Crippen LogP contribution in [0.25, 0.3) is 11.3 Å². The van der Waals surface area contributed by atoms with Gasteiger partial charge >= 0.3 is 6.17 Å². The van der Waals surface area contributed by atoms with Gasteiger partial charge in [-0.05, 0) is 46.5 Å². The van der Waals surface area contributed by atoms with Crippen molar-refractivity contribution in [3.8, 4) is 17.1 Å². The van der Waals surface area contributed by atoms with Crippen LogP contribution in [-0.2, 0) is 4.79 Å². The number of halogens is 1. The summed E-state index contributed by atoms with van der Waals surface area (Å²) in [6.07, 6.45) is 1.64. The Morgan fingerprint density at radius 1 is 1.37 bits per heavy atom. The third-order valence-electron chi connectivity index (χ3n) is 4.32. The topological polar surface area (TPSA) is 73.0 Å². The van der Waals surface area contributed by atoms with Crippen molar-refractivity contribution in [2.45, 2.75) is 24.7 Å². The second-order valence-electron chi connectivity index (χ2n) is 5.85. The fourth-order valence-corrected chi connectivity index (χ4v) is 5.03. The Labute approximate surface area is 173 Å². The van der Waals surface area contributed by atoms with E-state index in [-0.39, 0.29) is 11.8 Å². The smallest absolute Gasteiger partial charge is 0.302 e. The molecule has 0 saturated heterocycles. The van der Waals surface area contributed by atoms with Crippen molar-refractivity contribution in [3.05, 3.63) is 45.1 Å². The first-order chi connectivity index (χ1) is 13.0. The number of carbonyl (C=O) groups excluding carboxylic acids is 1. The standard InChI is InChI=1S/C18H15BrN4O2S2/c1-3-14(24)22-11-7-5-4-6-10(11)15-16(25)20-18(26-2)21-23(15)17(22)12-8-9-13(19)27-12/h4-9,17H,3H2,1-2H3. The van der Waals surface area contributed by atoms with Crippen LogP contribution in [0.5, 0.6) is 5.88 Å². The zero-order valence-electron chi connectivity index (χ0n) is 14.5. The first-order valence-electron chi connectivity index (χ1n) is 8.26. The van der Waals surface area contributed by atoms with Gasteiger partial charge in [-0.15, -0.1) is 11.3 Å². The van der Waals surface area contributed by atoms with Crippen LogP contribution >= 0.6 is 39.0 Å². The minimum Gasteiger partial charge on any atom is -0.854 e. The van der Waals surface area contributed by atoms with Crippen LogP contribution in [0.4, 0.5) is 5.69 Å². The molecule has 138 valence electrons. The summed E-state index contributed by atoms with van der Waals surface area (Å²) in [4.78, 5) is 19.7. The molecule has 0 bridgehead atoms. The number of rotatable bonds is 3. The van der Waals surface area contributed by atoms with Gasteiger partial charge in [0.25, 0.3) is 10.9 Å². The number of thiophene rings is 1. The van der Waals surface area contributed by atoms with Gasteiger partial charge in [-0.1, -0.05) is 35.5 Å². The molecule has 1 aliphatic rings.